The molecule has 0 aromatic rings. The number of hydrogen-bond acceptors (Lipinski definition) is 1. The van der Waals surface area contributed by atoms with Crippen molar-refractivity contribution in [2.24, 2.45) is 11.8 Å². The van der Waals surface area contributed by atoms with Crippen molar-refractivity contribution < 1.29 is 18.3 Å². The van der Waals surface area contributed by atoms with Crippen molar-refractivity contribution in [3.05, 3.63) is 0 Å². The summed E-state index contributed by atoms with van der Waals surface area (Å²) in [5, 5.41) is 10.4. The van der Waals surface area contributed by atoms with Crippen molar-refractivity contribution in [3.63, 3.8) is 0 Å². The lowest BCUT2D eigenvalue weighted by Gasteiger charge is -2.37. The Morgan fingerprint density at radius 2 is 2.00 bits per heavy atom. The van der Waals surface area contributed by atoms with E-state index >= 15 is 0 Å². The van der Waals surface area contributed by atoms with E-state index in [0.717, 1.165) is 19.3 Å². The molecule has 1 N–H and O–H groups in total. The standard InChI is InChI=1S/C14H25F3O/c1-11(2)9-12-5-3-6-13(18,10-12)7-4-8-14(15,16)17/h11-12,18H,3-10H2,1-2H3. The maximum Gasteiger partial charge on any atom is 0.389 e. The van der Waals surface area contributed by atoms with Crippen LogP contribution in [-0.2, 0) is 0 Å². The third-order valence-corrected chi connectivity index (χ3v) is 3.83. The Morgan fingerprint density at radius 1 is 1.33 bits per heavy atom. The number of hydrogen-bond donors (Lipinski definition) is 1. The first-order chi connectivity index (χ1) is 8.20. The summed E-state index contributed by atoms with van der Waals surface area (Å²) in [7, 11) is 0. The van der Waals surface area contributed by atoms with Gasteiger partial charge in [0.15, 0.2) is 0 Å². The largest absolute Gasteiger partial charge is 0.390 e. The molecule has 0 aromatic carbocycles. The molecule has 0 spiro atoms. The molecule has 1 rings (SSSR count). The predicted octanol–water partition coefficient (Wildman–Crippen LogP) is 4.69. The van der Waals surface area contributed by atoms with Gasteiger partial charge in [-0.1, -0.05) is 26.7 Å². The first-order valence-electron chi connectivity index (χ1n) is 6.99. The number of halogens is 3. The second-order valence-electron chi connectivity index (χ2n) is 6.28. The zero-order valence-electron chi connectivity index (χ0n) is 11.4. The van der Waals surface area contributed by atoms with Crippen LogP contribution in [0, 0.1) is 11.8 Å². The molecule has 0 amide bonds. The van der Waals surface area contributed by atoms with Gasteiger partial charge < -0.3 is 5.11 Å². The third kappa shape index (κ3) is 6.07. The monoisotopic (exact) mass is 266 g/mol. The van der Waals surface area contributed by atoms with Crippen LogP contribution >= 0.6 is 0 Å². The quantitative estimate of drug-likeness (QED) is 0.765. The lowest BCUT2D eigenvalue weighted by Crippen LogP contribution is -2.35. The van der Waals surface area contributed by atoms with Crippen LogP contribution in [0.4, 0.5) is 13.2 Å². The van der Waals surface area contributed by atoms with Gasteiger partial charge in [-0.25, -0.2) is 0 Å². The Bertz CT molecular complexity index is 250. The second kappa shape index (κ2) is 6.27. The van der Waals surface area contributed by atoms with Crippen LogP contribution in [0.15, 0.2) is 0 Å². The number of rotatable bonds is 5. The fraction of sp³-hybridized carbons (Fsp3) is 1.00. The summed E-state index contributed by atoms with van der Waals surface area (Å²) in [4.78, 5) is 0. The van der Waals surface area contributed by atoms with Gasteiger partial charge in [0.1, 0.15) is 0 Å². The zero-order chi connectivity index (χ0) is 13.8. The Kier molecular flexibility index (Phi) is 5.50. The van der Waals surface area contributed by atoms with Crippen LogP contribution in [0.1, 0.15) is 65.2 Å². The minimum atomic E-state index is -4.09. The molecule has 2 unspecified atom stereocenters. The lowest BCUT2D eigenvalue weighted by atomic mass is 9.73. The molecule has 0 heterocycles. The fourth-order valence-corrected chi connectivity index (χ4v) is 3.17. The molecule has 0 aliphatic heterocycles. The molecular weight excluding hydrogens is 241 g/mol. The summed E-state index contributed by atoms with van der Waals surface area (Å²) < 4.78 is 36.3. The van der Waals surface area contributed by atoms with Gasteiger partial charge in [-0.05, 0) is 43.9 Å². The number of aliphatic hydroxyl groups is 1. The van der Waals surface area contributed by atoms with Crippen LogP contribution in [0.3, 0.4) is 0 Å². The van der Waals surface area contributed by atoms with Crippen molar-refractivity contribution in [1.29, 1.82) is 0 Å². The van der Waals surface area contributed by atoms with E-state index in [4.69, 9.17) is 0 Å². The first-order valence-corrected chi connectivity index (χ1v) is 6.99. The van der Waals surface area contributed by atoms with Gasteiger partial charge in [0, 0.05) is 6.42 Å². The van der Waals surface area contributed by atoms with Gasteiger partial charge in [-0.3, -0.25) is 0 Å². The van der Waals surface area contributed by atoms with E-state index in [2.05, 4.69) is 13.8 Å². The van der Waals surface area contributed by atoms with Gasteiger partial charge in [-0.15, -0.1) is 0 Å². The fourth-order valence-electron chi connectivity index (χ4n) is 3.17. The molecule has 0 saturated heterocycles. The summed E-state index contributed by atoms with van der Waals surface area (Å²) in [5.74, 6) is 1.07. The first kappa shape index (κ1) is 15.8. The topological polar surface area (TPSA) is 20.2 Å². The summed E-state index contributed by atoms with van der Waals surface area (Å²) >= 11 is 0. The van der Waals surface area contributed by atoms with Crippen LogP contribution in [0.5, 0.6) is 0 Å². The molecule has 1 nitrogen and oxygen atoms in total. The minimum absolute atomic E-state index is 0.0500. The normalized spacial score (nSPS) is 29.8. The highest BCUT2D eigenvalue weighted by Gasteiger charge is 2.35. The zero-order valence-corrected chi connectivity index (χ0v) is 11.4. The average molecular weight is 266 g/mol. The van der Waals surface area contributed by atoms with Crippen molar-refractivity contribution >= 4 is 0 Å². The Balaban J connectivity index is 2.37. The maximum absolute atomic E-state index is 12.1. The van der Waals surface area contributed by atoms with E-state index < -0.39 is 18.2 Å². The SMILES string of the molecule is CC(C)CC1CCCC(O)(CCCC(F)(F)F)C1. The van der Waals surface area contributed by atoms with E-state index in [1.54, 1.807) is 0 Å². The van der Waals surface area contributed by atoms with E-state index in [1.807, 2.05) is 0 Å². The Morgan fingerprint density at radius 3 is 2.56 bits per heavy atom. The van der Waals surface area contributed by atoms with E-state index in [9.17, 15) is 18.3 Å². The molecule has 1 aliphatic carbocycles. The van der Waals surface area contributed by atoms with Gasteiger partial charge in [0.05, 0.1) is 5.60 Å². The molecule has 2 atom stereocenters. The smallest absolute Gasteiger partial charge is 0.389 e. The van der Waals surface area contributed by atoms with Gasteiger partial charge in [0.2, 0.25) is 0 Å². The Labute approximate surface area is 108 Å². The Hall–Kier alpha value is -0.250. The van der Waals surface area contributed by atoms with Gasteiger partial charge in [0.25, 0.3) is 0 Å². The van der Waals surface area contributed by atoms with Crippen molar-refractivity contribution in [1.82, 2.24) is 0 Å². The van der Waals surface area contributed by atoms with Gasteiger partial charge >= 0.3 is 6.18 Å². The summed E-state index contributed by atoms with van der Waals surface area (Å²) in [6.07, 6.45) is -0.0498. The molecule has 1 fully saturated rings. The van der Waals surface area contributed by atoms with Crippen LogP contribution in [0.2, 0.25) is 0 Å². The lowest BCUT2D eigenvalue weighted by molar-refractivity contribution is -0.139. The highest BCUT2D eigenvalue weighted by molar-refractivity contribution is 4.86. The van der Waals surface area contributed by atoms with Crippen LogP contribution < -0.4 is 0 Å². The van der Waals surface area contributed by atoms with E-state index in [-0.39, 0.29) is 6.42 Å². The molecular formula is C14H25F3O. The molecule has 1 aliphatic rings. The van der Waals surface area contributed by atoms with E-state index in [1.165, 1.54) is 0 Å². The predicted molar refractivity (Wildman–Crippen MR) is 66.3 cm³/mol. The molecule has 1 saturated carbocycles. The number of alkyl halides is 3. The van der Waals surface area contributed by atoms with Crippen molar-refractivity contribution in [3.8, 4) is 0 Å². The van der Waals surface area contributed by atoms with Crippen LogP contribution in [-0.4, -0.2) is 16.9 Å². The molecule has 0 bridgehead atoms. The molecule has 18 heavy (non-hydrogen) atoms. The summed E-state index contributed by atoms with van der Waals surface area (Å²) in [6.45, 7) is 4.30. The highest BCUT2D eigenvalue weighted by atomic mass is 19.4. The second-order valence-corrected chi connectivity index (χ2v) is 6.28. The minimum Gasteiger partial charge on any atom is -0.390 e. The summed E-state index contributed by atoms with van der Waals surface area (Å²) in [6, 6.07) is 0. The summed E-state index contributed by atoms with van der Waals surface area (Å²) in [5.41, 5.74) is -0.844. The van der Waals surface area contributed by atoms with Crippen molar-refractivity contribution in [2.45, 2.75) is 77.0 Å². The third-order valence-electron chi connectivity index (χ3n) is 3.83. The maximum atomic E-state index is 12.1. The van der Waals surface area contributed by atoms with E-state index in [0.29, 0.717) is 31.1 Å². The molecule has 4 heteroatoms. The van der Waals surface area contributed by atoms with Gasteiger partial charge in [-0.2, -0.15) is 13.2 Å². The highest BCUT2D eigenvalue weighted by Crippen LogP contribution is 2.39. The van der Waals surface area contributed by atoms with Crippen molar-refractivity contribution in [2.75, 3.05) is 0 Å². The molecule has 108 valence electrons. The van der Waals surface area contributed by atoms with Crippen LogP contribution in [0.25, 0.3) is 0 Å². The average Bonchev–Trinajstić information content (AvgIpc) is 2.13. The molecule has 0 radical (unpaired) electrons. The molecule has 0 aromatic heterocycles.